The number of methoxy groups -OCH3 is 1. The summed E-state index contributed by atoms with van der Waals surface area (Å²) in [5.41, 5.74) is -2.99. The summed E-state index contributed by atoms with van der Waals surface area (Å²) in [7, 11) is 0.960. The number of halogens is 6. The summed E-state index contributed by atoms with van der Waals surface area (Å²) in [5, 5.41) is 0. The molecule has 0 radical (unpaired) electrons. The molecule has 0 amide bonds. The van der Waals surface area contributed by atoms with Crippen LogP contribution in [0.4, 0.5) is 26.3 Å². The number of hydrogen-bond donors (Lipinski definition) is 0. The van der Waals surface area contributed by atoms with Crippen molar-refractivity contribution in [3.63, 3.8) is 0 Å². The first-order valence-corrected chi connectivity index (χ1v) is 4.45. The minimum atomic E-state index is -5.39. The lowest BCUT2D eigenvalue weighted by atomic mass is 10.1. The Balaban J connectivity index is 3.51. The highest BCUT2D eigenvalue weighted by atomic mass is 19.4. The number of nitrogens with zero attached hydrogens (tertiary/aromatic N) is 1. The van der Waals surface area contributed by atoms with E-state index in [-0.39, 0.29) is 6.29 Å². The number of alkyl halides is 6. The van der Waals surface area contributed by atoms with Crippen molar-refractivity contribution < 1.29 is 40.6 Å². The van der Waals surface area contributed by atoms with Crippen LogP contribution in [-0.4, -0.2) is 24.7 Å². The molecule has 1 heterocycles. The summed E-state index contributed by atoms with van der Waals surface area (Å²) in [6.45, 7) is 0. The molecule has 10 heteroatoms. The standard InChI is InChI=1S/C9H5F6NO3/c1-18-5-2-4(3-17)6(8(10,11)12)7(16-5)19-9(13,14)15/h2-3H,1H3. The van der Waals surface area contributed by atoms with Crippen molar-refractivity contribution in [1.82, 2.24) is 4.98 Å². The maximum absolute atomic E-state index is 12.6. The van der Waals surface area contributed by atoms with E-state index in [1.54, 1.807) is 0 Å². The fraction of sp³-hybridized carbons (Fsp3) is 0.333. The fourth-order valence-corrected chi connectivity index (χ4v) is 1.18. The van der Waals surface area contributed by atoms with Crippen molar-refractivity contribution in [2.45, 2.75) is 12.5 Å². The molecule has 0 aliphatic heterocycles. The molecule has 0 saturated heterocycles. The van der Waals surface area contributed by atoms with E-state index >= 15 is 0 Å². The van der Waals surface area contributed by atoms with Gasteiger partial charge in [-0.2, -0.15) is 18.2 Å². The van der Waals surface area contributed by atoms with Crippen LogP contribution in [-0.2, 0) is 6.18 Å². The molecule has 1 aromatic rings. The molecule has 0 spiro atoms. The Morgan fingerprint density at radius 2 is 1.79 bits per heavy atom. The summed E-state index contributed by atoms with van der Waals surface area (Å²) in [5.74, 6) is -2.41. The molecular weight excluding hydrogens is 284 g/mol. The Hall–Kier alpha value is -2.00. The summed E-state index contributed by atoms with van der Waals surface area (Å²) >= 11 is 0. The van der Waals surface area contributed by atoms with Gasteiger partial charge in [0.05, 0.1) is 7.11 Å². The van der Waals surface area contributed by atoms with Gasteiger partial charge in [0.2, 0.25) is 11.8 Å². The SMILES string of the molecule is COc1cc(C=O)c(C(F)(F)F)c(OC(F)(F)F)n1. The molecule has 0 aromatic carbocycles. The molecule has 0 N–H and O–H groups in total. The van der Waals surface area contributed by atoms with Gasteiger partial charge in [-0.1, -0.05) is 0 Å². The highest BCUT2D eigenvalue weighted by Crippen LogP contribution is 2.40. The second-order valence-corrected chi connectivity index (χ2v) is 3.10. The zero-order valence-electron chi connectivity index (χ0n) is 9.09. The zero-order chi connectivity index (χ0) is 14.8. The Bertz CT molecular complexity index is 482. The molecule has 0 aliphatic carbocycles. The minimum Gasteiger partial charge on any atom is -0.481 e. The first-order chi connectivity index (χ1) is 8.58. The van der Waals surface area contributed by atoms with Gasteiger partial charge >= 0.3 is 12.5 Å². The lowest BCUT2D eigenvalue weighted by Gasteiger charge is -2.16. The largest absolute Gasteiger partial charge is 0.574 e. The molecule has 0 atom stereocenters. The number of carbonyl (C=O) groups is 1. The van der Waals surface area contributed by atoms with E-state index in [1.807, 2.05) is 0 Å². The molecule has 0 fully saturated rings. The Morgan fingerprint density at radius 1 is 1.21 bits per heavy atom. The Morgan fingerprint density at radius 3 is 2.16 bits per heavy atom. The van der Waals surface area contributed by atoms with Crippen LogP contribution in [0, 0.1) is 0 Å². The van der Waals surface area contributed by atoms with Crippen molar-refractivity contribution in [2.24, 2.45) is 0 Å². The molecule has 4 nitrogen and oxygen atoms in total. The molecule has 19 heavy (non-hydrogen) atoms. The molecule has 106 valence electrons. The topological polar surface area (TPSA) is 48.4 Å². The van der Waals surface area contributed by atoms with Gasteiger partial charge in [0.1, 0.15) is 5.56 Å². The highest BCUT2D eigenvalue weighted by molar-refractivity contribution is 5.79. The van der Waals surface area contributed by atoms with Crippen LogP contribution in [0.2, 0.25) is 0 Å². The molecule has 0 unspecified atom stereocenters. The van der Waals surface area contributed by atoms with Gasteiger partial charge in [-0.3, -0.25) is 4.79 Å². The number of rotatable bonds is 3. The van der Waals surface area contributed by atoms with Crippen LogP contribution in [0.1, 0.15) is 15.9 Å². The van der Waals surface area contributed by atoms with E-state index in [0.717, 1.165) is 7.11 Å². The van der Waals surface area contributed by atoms with Crippen molar-refractivity contribution >= 4 is 6.29 Å². The monoisotopic (exact) mass is 289 g/mol. The van der Waals surface area contributed by atoms with Gasteiger partial charge in [0.15, 0.2) is 6.29 Å². The van der Waals surface area contributed by atoms with E-state index in [0.29, 0.717) is 6.07 Å². The van der Waals surface area contributed by atoms with Gasteiger partial charge in [0, 0.05) is 11.6 Å². The van der Waals surface area contributed by atoms with Gasteiger partial charge in [-0.25, -0.2) is 0 Å². The van der Waals surface area contributed by atoms with Crippen molar-refractivity contribution in [2.75, 3.05) is 7.11 Å². The van der Waals surface area contributed by atoms with Crippen LogP contribution in [0.3, 0.4) is 0 Å². The van der Waals surface area contributed by atoms with Crippen LogP contribution < -0.4 is 9.47 Å². The normalized spacial score (nSPS) is 12.2. The van der Waals surface area contributed by atoms with Gasteiger partial charge in [-0.05, 0) is 0 Å². The smallest absolute Gasteiger partial charge is 0.481 e. The lowest BCUT2D eigenvalue weighted by molar-refractivity contribution is -0.278. The van der Waals surface area contributed by atoms with E-state index in [1.165, 1.54) is 0 Å². The number of ether oxygens (including phenoxy) is 2. The first kappa shape index (κ1) is 15.1. The van der Waals surface area contributed by atoms with Crippen LogP contribution in [0.25, 0.3) is 0 Å². The third-order valence-electron chi connectivity index (χ3n) is 1.83. The van der Waals surface area contributed by atoms with E-state index in [2.05, 4.69) is 14.5 Å². The Kier molecular flexibility index (Phi) is 3.91. The van der Waals surface area contributed by atoms with Gasteiger partial charge < -0.3 is 9.47 Å². The quantitative estimate of drug-likeness (QED) is 0.634. The second kappa shape index (κ2) is 4.94. The van der Waals surface area contributed by atoms with Crippen LogP contribution in [0.15, 0.2) is 6.07 Å². The predicted molar refractivity (Wildman–Crippen MR) is 47.9 cm³/mol. The third kappa shape index (κ3) is 3.73. The van der Waals surface area contributed by atoms with Crippen LogP contribution in [0.5, 0.6) is 11.8 Å². The molecule has 1 rings (SSSR count). The number of carbonyl (C=O) groups excluding carboxylic acids is 1. The maximum Gasteiger partial charge on any atom is 0.574 e. The molecule has 0 bridgehead atoms. The first-order valence-electron chi connectivity index (χ1n) is 4.45. The number of hydrogen-bond acceptors (Lipinski definition) is 4. The number of aromatic nitrogens is 1. The molecule has 0 saturated carbocycles. The summed E-state index contributed by atoms with van der Waals surface area (Å²) in [4.78, 5) is 13.4. The van der Waals surface area contributed by atoms with E-state index in [9.17, 15) is 31.1 Å². The lowest BCUT2D eigenvalue weighted by Crippen LogP contribution is -2.22. The fourth-order valence-electron chi connectivity index (χ4n) is 1.18. The van der Waals surface area contributed by atoms with Crippen LogP contribution >= 0.6 is 0 Å². The van der Waals surface area contributed by atoms with Crippen molar-refractivity contribution in [3.8, 4) is 11.8 Å². The number of aldehydes is 1. The summed E-state index contributed by atoms with van der Waals surface area (Å²) in [6.07, 6.45) is -10.9. The van der Waals surface area contributed by atoms with Crippen molar-refractivity contribution in [1.29, 1.82) is 0 Å². The second-order valence-electron chi connectivity index (χ2n) is 3.10. The zero-order valence-corrected chi connectivity index (χ0v) is 9.09. The predicted octanol–water partition coefficient (Wildman–Crippen LogP) is 2.82. The van der Waals surface area contributed by atoms with Crippen molar-refractivity contribution in [3.05, 3.63) is 17.2 Å². The molecule has 1 aromatic heterocycles. The van der Waals surface area contributed by atoms with Gasteiger partial charge in [-0.15, -0.1) is 13.2 Å². The summed E-state index contributed by atoms with van der Waals surface area (Å²) < 4.78 is 81.5. The highest BCUT2D eigenvalue weighted by Gasteiger charge is 2.43. The Labute approximate surface area is 101 Å². The average molecular weight is 289 g/mol. The molecular formula is C9H5F6NO3. The van der Waals surface area contributed by atoms with Gasteiger partial charge in [0.25, 0.3) is 0 Å². The van der Waals surface area contributed by atoms with E-state index < -0.39 is 35.4 Å². The maximum atomic E-state index is 12.6. The minimum absolute atomic E-state index is 0.268. The summed E-state index contributed by atoms with van der Waals surface area (Å²) in [6, 6.07) is 0.555. The molecule has 0 aliphatic rings. The third-order valence-corrected chi connectivity index (χ3v) is 1.83. The number of pyridine rings is 1. The van der Waals surface area contributed by atoms with E-state index in [4.69, 9.17) is 0 Å². The average Bonchev–Trinajstić information content (AvgIpc) is 2.23.